The Morgan fingerprint density at radius 3 is 2.67 bits per heavy atom. The average Bonchev–Trinajstić information content (AvgIpc) is 2.04. The highest BCUT2D eigenvalue weighted by atomic mass is 19.3. The molecule has 1 aromatic rings. The van der Waals surface area contributed by atoms with E-state index in [0.717, 1.165) is 0 Å². The molecule has 0 aliphatic rings. The quantitative estimate of drug-likeness (QED) is 0.738. The van der Waals surface area contributed by atoms with Gasteiger partial charge in [0, 0.05) is 6.20 Å². The minimum Gasteiger partial charge on any atom is -0.381 e. The number of hydrogen-bond acceptors (Lipinski definition) is 2. The monoisotopic (exact) mass is 173 g/mol. The highest BCUT2D eigenvalue weighted by Crippen LogP contribution is 2.20. The van der Waals surface area contributed by atoms with E-state index in [1.54, 1.807) is 19.1 Å². The highest BCUT2D eigenvalue weighted by molar-refractivity contribution is 5.20. The van der Waals surface area contributed by atoms with Crippen molar-refractivity contribution in [3.8, 4) is 0 Å². The number of aliphatic hydroxyl groups is 1. The van der Waals surface area contributed by atoms with Gasteiger partial charge >= 0.3 is 0 Å². The van der Waals surface area contributed by atoms with Gasteiger partial charge in [0.2, 0.25) is 0 Å². The van der Waals surface area contributed by atoms with Gasteiger partial charge in [-0.1, -0.05) is 6.07 Å². The zero-order chi connectivity index (χ0) is 9.14. The normalized spacial score (nSPS) is 13.4. The first-order valence-corrected chi connectivity index (χ1v) is 3.50. The lowest BCUT2D eigenvalue weighted by molar-refractivity contribution is -0.00858. The summed E-state index contributed by atoms with van der Waals surface area (Å²) >= 11 is 0. The van der Waals surface area contributed by atoms with E-state index in [1.165, 1.54) is 6.20 Å². The number of aliphatic hydroxyl groups excluding tert-OH is 1. The van der Waals surface area contributed by atoms with Crippen molar-refractivity contribution in [2.24, 2.45) is 0 Å². The van der Waals surface area contributed by atoms with Gasteiger partial charge in [-0.25, -0.2) is 8.78 Å². The summed E-state index contributed by atoms with van der Waals surface area (Å²) in [5.74, 6) is 0. The summed E-state index contributed by atoms with van der Waals surface area (Å²) in [5.41, 5.74) is 0.623. The fourth-order valence-electron chi connectivity index (χ4n) is 0.927. The summed E-state index contributed by atoms with van der Waals surface area (Å²) < 4.78 is 24.0. The maximum atomic E-state index is 12.0. The van der Waals surface area contributed by atoms with Gasteiger partial charge in [-0.3, -0.25) is 4.98 Å². The molecule has 2 nitrogen and oxygen atoms in total. The Morgan fingerprint density at radius 1 is 1.50 bits per heavy atom. The predicted molar refractivity (Wildman–Crippen MR) is 39.9 cm³/mol. The Morgan fingerprint density at radius 2 is 2.17 bits per heavy atom. The summed E-state index contributed by atoms with van der Waals surface area (Å²) in [5, 5.41) is 8.97. The van der Waals surface area contributed by atoms with Crippen LogP contribution in [0.5, 0.6) is 0 Å². The van der Waals surface area contributed by atoms with Crippen LogP contribution in [-0.2, 0) is 0 Å². The van der Waals surface area contributed by atoms with Crippen molar-refractivity contribution < 1.29 is 13.9 Å². The second-order valence-corrected chi connectivity index (χ2v) is 2.48. The third kappa shape index (κ3) is 1.76. The third-order valence-corrected chi connectivity index (χ3v) is 1.57. The molecule has 0 amide bonds. The van der Waals surface area contributed by atoms with Crippen LogP contribution in [0.1, 0.15) is 17.4 Å². The Labute approximate surface area is 68.9 Å². The maximum Gasteiger partial charge on any atom is 0.269 e. The fraction of sp³-hybridized carbons (Fsp3) is 0.375. The summed E-state index contributed by atoms with van der Waals surface area (Å²) in [7, 11) is 0. The topological polar surface area (TPSA) is 33.1 Å². The van der Waals surface area contributed by atoms with Crippen LogP contribution in [0.25, 0.3) is 0 Å². The summed E-state index contributed by atoms with van der Waals surface area (Å²) in [6, 6.07) is 3.27. The summed E-state index contributed by atoms with van der Waals surface area (Å²) in [6.45, 7) is 1.63. The van der Waals surface area contributed by atoms with Gasteiger partial charge in [-0.2, -0.15) is 0 Å². The van der Waals surface area contributed by atoms with Gasteiger partial charge < -0.3 is 5.11 Å². The molecule has 1 heterocycles. The molecule has 1 rings (SSSR count). The number of rotatable bonds is 2. The van der Waals surface area contributed by atoms with Gasteiger partial charge in [-0.15, -0.1) is 0 Å². The first-order valence-electron chi connectivity index (χ1n) is 3.50. The van der Waals surface area contributed by atoms with Crippen molar-refractivity contribution in [3.63, 3.8) is 0 Å². The second kappa shape index (κ2) is 3.58. The van der Waals surface area contributed by atoms with Crippen LogP contribution in [0.15, 0.2) is 18.3 Å². The van der Waals surface area contributed by atoms with E-state index < -0.39 is 12.5 Å². The first-order chi connectivity index (χ1) is 5.63. The summed E-state index contributed by atoms with van der Waals surface area (Å²) in [6.07, 6.45) is -3.17. The summed E-state index contributed by atoms with van der Waals surface area (Å²) in [4.78, 5) is 3.67. The van der Waals surface area contributed by atoms with Crippen LogP contribution in [0.4, 0.5) is 8.78 Å². The molecular formula is C8H9F2NO. The first kappa shape index (κ1) is 9.06. The number of hydrogen-bond donors (Lipinski definition) is 1. The molecule has 0 bridgehead atoms. The molecule has 12 heavy (non-hydrogen) atoms. The zero-order valence-corrected chi connectivity index (χ0v) is 6.54. The van der Waals surface area contributed by atoms with Crippen LogP contribution < -0.4 is 0 Å². The standard InChI is InChI=1S/C8H9F2NO/c1-5-3-2-4-11-6(5)7(12)8(9)10/h2-4,7-8,12H,1H3. The van der Waals surface area contributed by atoms with Crippen LogP contribution in [0.3, 0.4) is 0 Å². The Kier molecular flexibility index (Phi) is 2.70. The molecule has 1 aromatic heterocycles. The number of aryl methyl sites for hydroxylation is 1. The molecule has 0 saturated heterocycles. The van der Waals surface area contributed by atoms with Gasteiger partial charge in [0.05, 0.1) is 5.69 Å². The number of aromatic nitrogens is 1. The lowest BCUT2D eigenvalue weighted by Gasteiger charge is -2.10. The molecule has 1 N–H and O–H groups in total. The lowest BCUT2D eigenvalue weighted by Crippen LogP contribution is -2.11. The molecule has 0 fully saturated rings. The molecule has 0 radical (unpaired) electrons. The highest BCUT2D eigenvalue weighted by Gasteiger charge is 2.21. The number of nitrogens with zero attached hydrogens (tertiary/aromatic N) is 1. The van der Waals surface area contributed by atoms with Crippen LogP contribution in [0, 0.1) is 6.92 Å². The minimum atomic E-state index is -2.78. The van der Waals surface area contributed by atoms with Crippen molar-refractivity contribution in [2.75, 3.05) is 0 Å². The van der Waals surface area contributed by atoms with Crippen molar-refractivity contribution in [1.29, 1.82) is 0 Å². The maximum absolute atomic E-state index is 12.0. The molecule has 1 unspecified atom stereocenters. The van der Waals surface area contributed by atoms with Crippen LogP contribution >= 0.6 is 0 Å². The van der Waals surface area contributed by atoms with Gasteiger partial charge in [0.25, 0.3) is 6.43 Å². The number of pyridine rings is 1. The Hall–Kier alpha value is -1.03. The molecule has 0 saturated carbocycles. The number of alkyl halides is 2. The molecule has 0 aromatic carbocycles. The van der Waals surface area contributed by atoms with Crippen LogP contribution in [0.2, 0.25) is 0 Å². The van der Waals surface area contributed by atoms with E-state index >= 15 is 0 Å². The van der Waals surface area contributed by atoms with Gasteiger partial charge in [0.15, 0.2) is 6.10 Å². The Balaban J connectivity index is 2.94. The van der Waals surface area contributed by atoms with Crippen molar-refractivity contribution in [1.82, 2.24) is 4.98 Å². The van der Waals surface area contributed by atoms with E-state index in [-0.39, 0.29) is 5.69 Å². The van der Waals surface area contributed by atoms with E-state index in [2.05, 4.69) is 4.98 Å². The van der Waals surface area contributed by atoms with E-state index in [9.17, 15) is 8.78 Å². The molecule has 0 aliphatic carbocycles. The van der Waals surface area contributed by atoms with E-state index in [0.29, 0.717) is 5.56 Å². The van der Waals surface area contributed by atoms with E-state index in [4.69, 9.17) is 5.11 Å². The van der Waals surface area contributed by atoms with Crippen molar-refractivity contribution >= 4 is 0 Å². The van der Waals surface area contributed by atoms with Crippen molar-refractivity contribution in [2.45, 2.75) is 19.5 Å². The van der Waals surface area contributed by atoms with Crippen molar-refractivity contribution in [3.05, 3.63) is 29.6 Å². The smallest absolute Gasteiger partial charge is 0.269 e. The lowest BCUT2D eigenvalue weighted by atomic mass is 10.1. The van der Waals surface area contributed by atoms with E-state index in [1.807, 2.05) is 0 Å². The molecule has 1 atom stereocenters. The van der Waals surface area contributed by atoms with Gasteiger partial charge in [0.1, 0.15) is 0 Å². The Bertz CT molecular complexity index is 265. The minimum absolute atomic E-state index is 0.0486. The van der Waals surface area contributed by atoms with Crippen LogP contribution in [-0.4, -0.2) is 16.5 Å². The number of halogens is 2. The third-order valence-electron chi connectivity index (χ3n) is 1.57. The molecule has 66 valence electrons. The molecule has 0 aliphatic heterocycles. The SMILES string of the molecule is Cc1cccnc1C(O)C(F)F. The zero-order valence-electron chi connectivity index (χ0n) is 6.54. The molecule has 4 heteroatoms. The average molecular weight is 173 g/mol. The molecule has 0 spiro atoms. The fourth-order valence-corrected chi connectivity index (χ4v) is 0.927. The largest absolute Gasteiger partial charge is 0.381 e. The molecular weight excluding hydrogens is 164 g/mol. The van der Waals surface area contributed by atoms with Gasteiger partial charge in [-0.05, 0) is 18.6 Å². The second-order valence-electron chi connectivity index (χ2n) is 2.48. The predicted octanol–water partition coefficient (Wildman–Crippen LogP) is 1.69.